The molecule has 0 radical (unpaired) electrons. The molecule has 0 saturated carbocycles. The van der Waals surface area contributed by atoms with Crippen molar-refractivity contribution in [3.05, 3.63) is 28.3 Å². The highest BCUT2D eigenvalue weighted by Crippen LogP contribution is 2.26. The largest absolute Gasteiger partial charge is 0.398 e. The Labute approximate surface area is 117 Å². The second kappa shape index (κ2) is 6.64. The Balaban J connectivity index is 3.08. The Morgan fingerprint density at radius 1 is 1.45 bits per heavy atom. The summed E-state index contributed by atoms with van der Waals surface area (Å²) in [6.45, 7) is 0.655. The molecule has 0 aliphatic carbocycles. The van der Waals surface area contributed by atoms with Gasteiger partial charge >= 0.3 is 0 Å². The zero-order valence-corrected chi connectivity index (χ0v) is 12.1. The van der Waals surface area contributed by atoms with E-state index in [9.17, 15) is 18.5 Å². The first kappa shape index (κ1) is 16.3. The van der Waals surface area contributed by atoms with Crippen molar-refractivity contribution < 1.29 is 18.1 Å². The molecule has 0 aromatic heterocycles. The summed E-state index contributed by atoms with van der Waals surface area (Å²) < 4.78 is 30.6. The van der Waals surface area contributed by atoms with Crippen LogP contribution in [0.25, 0.3) is 0 Å². The second-order valence-corrected chi connectivity index (χ2v) is 6.17. The summed E-state index contributed by atoms with van der Waals surface area (Å²) >= 11 is 0. The van der Waals surface area contributed by atoms with Crippen molar-refractivity contribution in [1.29, 1.82) is 0 Å². The van der Waals surface area contributed by atoms with Crippen LogP contribution in [0, 0.1) is 10.1 Å². The van der Waals surface area contributed by atoms with Crippen molar-refractivity contribution in [1.82, 2.24) is 4.31 Å². The Hall–Kier alpha value is -1.71. The van der Waals surface area contributed by atoms with Crippen molar-refractivity contribution in [3.63, 3.8) is 0 Å². The number of methoxy groups -OCH3 is 1. The second-order valence-electron chi connectivity index (χ2n) is 4.15. The molecule has 112 valence electrons. The molecular formula is C11H17N3O5S. The average Bonchev–Trinajstić information content (AvgIpc) is 2.38. The van der Waals surface area contributed by atoms with Gasteiger partial charge in [0, 0.05) is 39.4 Å². The lowest BCUT2D eigenvalue weighted by Gasteiger charge is -2.17. The number of non-ortho nitro benzene ring substituents is 1. The van der Waals surface area contributed by atoms with Gasteiger partial charge in [0.15, 0.2) is 0 Å². The van der Waals surface area contributed by atoms with Crippen LogP contribution in [-0.2, 0) is 14.8 Å². The van der Waals surface area contributed by atoms with E-state index >= 15 is 0 Å². The minimum absolute atomic E-state index is 0.0193. The van der Waals surface area contributed by atoms with Gasteiger partial charge in [-0.25, -0.2) is 12.7 Å². The number of rotatable bonds is 7. The monoisotopic (exact) mass is 303 g/mol. The number of nitrogens with two attached hydrogens (primary N) is 1. The molecule has 1 rings (SSSR count). The number of nitro groups is 1. The van der Waals surface area contributed by atoms with Crippen LogP contribution in [0.4, 0.5) is 11.4 Å². The van der Waals surface area contributed by atoms with E-state index in [0.29, 0.717) is 13.0 Å². The van der Waals surface area contributed by atoms with Crippen LogP contribution in [0.3, 0.4) is 0 Å². The molecule has 0 amide bonds. The quantitative estimate of drug-likeness (QED) is 0.345. The summed E-state index contributed by atoms with van der Waals surface area (Å²) in [5.41, 5.74) is 5.28. The fourth-order valence-corrected chi connectivity index (χ4v) is 2.92. The van der Waals surface area contributed by atoms with E-state index in [2.05, 4.69) is 0 Å². The fraction of sp³-hybridized carbons (Fsp3) is 0.455. The minimum Gasteiger partial charge on any atom is -0.398 e. The first-order valence-electron chi connectivity index (χ1n) is 5.80. The lowest BCUT2D eigenvalue weighted by molar-refractivity contribution is -0.385. The maximum atomic E-state index is 12.3. The zero-order valence-electron chi connectivity index (χ0n) is 11.3. The van der Waals surface area contributed by atoms with Gasteiger partial charge in [0.1, 0.15) is 4.90 Å². The van der Waals surface area contributed by atoms with Crippen LogP contribution in [0.2, 0.25) is 0 Å². The third-order valence-electron chi connectivity index (χ3n) is 2.72. The maximum Gasteiger partial charge on any atom is 0.270 e. The zero-order chi connectivity index (χ0) is 15.3. The third kappa shape index (κ3) is 3.65. The van der Waals surface area contributed by atoms with Crippen molar-refractivity contribution in [2.75, 3.05) is 33.0 Å². The van der Waals surface area contributed by atoms with Gasteiger partial charge in [-0.1, -0.05) is 0 Å². The maximum absolute atomic E-state index is 12.3. The molecule has 9 heteroatoms. The Bertz CT molecular complexity index is 588. The van der Waals surface area contributed by atoms with Gasteiger partial charge in [0.2, 0.25) is 10.0 Å². The number of hydrogen-bond donors (Lipinski definition) is 1. The number of ether oxygens (including phenoxy) is 1. The third-order valence-corrected chi connectivity index (χ3v) is 4.63. The molecule has 1 aromatic carbocycles. The molecule has 2 N–H and O–H groups in total. The normalized spacial score (nSPS) is 11.8. The number of hydrogen-bond acceptors (Lipinski definition) is 6. The van der Waals surface area contributed by atoms with Gasteiger partial charge in [-0.15, -0.1) is 0 Å². The van der Waals surface area contributed by atoms with Crippen LogP contribution < -0.4 is 5.73 Å². The van der Waals surface area contributed by atoms with Crippen molar-refractivity contribution in [2.45, 2.75) is 11.3 Å². The Morgan fingerprint density at radius 3 is 2.65 bits per heavy atom. The number of sulfonamides is 1. The van der Waals surface area contributed by atoms with Crippen molar-refractivity contribution in [2.24, 2.45) is 0 Å². The standard InChI is InChI=1S/C11H17N3O5S/c1-13(6-3-7-19-2)20(17,18)11-8-9(14(15)16)4-5-10(11)12/h4-5,8H,3,6-7,12H2,1-2H3. The highest BCUT2D eigenvalue weighted by Gasteiger charge is 2.25. The highest BCUT2D eigenvalue weighted by atomic mass is 32.2. The molecule has 20 heavy (non-hydrogen) atoms. The molecule has 0 fully saturated rings. The van der Waals surface area contributed by atoms with E-state index in [4.69, 9.17) is 10.5 Å². The van der Waals surface area contributed by atoms with Crippen LogP contribution >= 0.6 is 0 Å². The lowest BCUT2D eigenvalue weighted by Crippen LogP contribution is -2.29. The lowest BCUT2D eigenvalue weighted by atomic mass is 10.3. The van der Waals surface area contributed by atoms with Gasteiger partial charge < -0.3 is 10.5 Å². The minimum atomic E-state index is -3.86. The first-order valence-corrected chi connectivity index (χ1v) is 7.24. The molecule has 0 saturated heterocycles. The van der Waals surface area contributed by atoms with Crippen LogP contribution in [0.1, 0.15) is 6.42 Å². The predicted octanol–water partition coefficient (Wildman–Crippen LogP) is 0.834. The van der Waals surface area contributed by atoms with Gasteiger partial charge in [-0.2, -0.15) is 0 Å². The summed E-state index contributed by atoms with van der Waals surface area (Å²) in [7, 11) is -0.945. The molecule has 0 aliphatic rings. The number of benzene rings is 1. The average molecular weight is 303 g/mol. The van der Waals surface area contributed by atoms with E-state index in [1.165, 1.54) is 26.3 Å². The molecule has 1 aromatic rings. The van der Waals surface area contributed by atoms with Crippen LogP contribution in [0.5, 0.6) is 0 Å². The predicted molar refractivity (Wildman–Crippen MR) is 73.8 cm³/mol. The van der Waals surface area contributed by atoms with E-state index < -0.39 is 14.9 Å². The summed E-state index contributed by atoms with van der Waals surface area (Å²) in [5, 5.41) is 10.7. The molecular weight excluding hydrogens is 286 g/mol. The first-order chi connectivity index (χ1) is 9.30. The van der Waals surface area contributed by atoms with E-state index in [-0.39, 0.29) is 22.8 Å². The molecule has 0 heterocycles. The van der Waals surface area contributed by atoms with E-state index in [1.54, 1.807) is 0 Å². The van der Waals surface area contributed by atoms with Gasteiger partial charge in [0.05, 0.1) is 10.6 Å². The van der Waals surface area contributed by atoms with Gasteiger partial charge in [-0.05, 0) is 12.5 Å². The van der Waals surface area contributed by atoms with Gasteiger partial charge in [-0.3, -0.25) is 10.1 Å². The van der Waals surface area contributed by atoms with Crippen LogP contribution in [-0.4, -0.2) is 45.0 Å². The van der Waals surface area contributed by atoms with Crippen molar-refractivity contribution in [3.8, 4) is 0 Å². The molecule has 0 atom stereocenters. The highest BCUT2D eigenvalue weighted by molar-refractivity contribution is 7.89. The summed E-state index contributed by atoms with van der Waals surface area (Å²) in [6.07, 6.45) is 0.515. The summed E-state index contributed by atoms with van der Waals surface area (Å²) in [5.74, 6) is 0. The summed E-state index contributed by atoms with van der Waals surface area (Å²) in [6, 6.07) is 3.35. The Kier molecular flexibility index (Phi) is 5.43. The Morgan fingerprint density at radius 2 is 2.10 bits per heavy atom. The van der Waals surface area contributed by atoms with Gasteiger partial charge in [0.25, 0.3) is 5.69 Å². The number of nitrogens with zero attached hydrogens (tertiary/aromatic N) is 2. The summed E-state index contributed by atoms with van der Waals surface area (Å²) in [4.78, 5) is 9.79. The molecule has 0 spiro atoms. The molecule has 0 aliphatic heterocycles. The SMILES string of the molecule is COCCCN(C)S(=O)(=O)c1cc([N+](=O)[O-])ccc1N. The fourth-order valence-electron chi connectivity index (χ4n) is 1.58. The molecule has 0 bridgehead atoms. The number of anilines is 1. The number of nitro benzene ring substituents is 1. The molecule has 0 unspecified atom stereocenters. The number of nitrogen functional groups attached to an aromatic ring is 1. The van der Waals surface area contributed by atoms with Crippen LogP contribution in [0.15, 0.2) is 23.1 Å². The molecule has 8 nitrogen and oxygen atoms in total. The van der Waals surface area contributed by atoms with E-state index in [1.807, 2.05) is 0 Å². The van der Waals surface area contributed by atoms with E-state index in [0.717, 1.165) is 10.4 Å². The van der Waals surface area contributed by atoms with Crippen molar-refractivity contribution >= 4 is 21.4 Å². The smallest absolute Gasteiger partial charge is 0.270 e. The topological polar surface area (TPSA) is 116 Å².